The largest absolute Gasteiger partial charge is 0.465 e. The third-order valence-electron chi connectivity index (χ3n) is 3.54. The van der Waals surface area contributed by atoms with E-state index in [1.807, 2.05) is 0 Å². The van der Waals surface area contributed by atoms with Gasteiger partial charge in [-0.25, -0.2) is 4.79 Å². The Labute approximate surface area is 125 Å². The van der Waals surface area contributed by atoms with Crippen LogP contribution in [0.3, 0.4) is 0 Å². The molecule has 21 heavy (non-hydrogen) atoms. The molecule has 1 fully saturated rings. The van der Waals surface area contributed by atoms with E-state index in [1.165, 1.54) is 17.0 Å². The van der Waals surface area contributed by atoms with Crippen LogP contribution >= 0.6 is 11.8 Å². The first-order chi connectivity index (χ1) is 10.1. The molecule has 1 aromatic carbocycles. The van der Waals surface area contributed by atoms with E-state index in [1.54, 1.807) is 30.0 Å². The smallest absolute Gasteiger partial charge is 0.408 e. The number of non-ortho nitro benzene ring substituents is 1. The summed E-state index contributed by atoms with van der Waals surface area (Å²) in [7, 11) is 0. The second kappa shape index (κ2) is 5.40. The van der Waals surface area contributed by atoms with Crippen molar-refractivity contribution in [3.63, 3.8) is 0 Å². The van der Waals surface area contributed by atoms with Gasteiger partial charge in [-0.1, -0.05) is 12.2 Å². The molecular formula is C14H14N2O4S. The maximum Gasteiger partial charge on any atom is 0.408 e. The van der Waals surface area contributed by atoms with E-state index in [-0.39, 0.29) is 5.69 Å². The normalized spacial score (nSPS) is 20.8. The molecule has 1 aromatic rings. The summed E-state index contributed by atoms with van der Waals surface area (Å²) in [6.07, 6.45) is 4.85. The minimum atomic E-state index is -1.01. The molecule has 0 aromatic heterocycles. The second-order valence-electron chi connectivity index (χ2n) is 5.10. The van der Waals surface area contributed by atoms with Crippen LogP contribution in [0, 0.1) is 10.1 Å². The molecule has 0 radical (unpaired) electrons. The fraction of sp³-hybridized carbons (Fsp3) is 0.357. The van der Waals surface area contributed by atoms with Gasteiger partial charge < -0.3 is 5.11 Å². The van der Waals surface area contributed by atoms with Crippen molar-refractivity contribution in [1.29, 1.82) is 0 Å². The third-order valence-corrected chi connectivity index (χ3v) is 4.97. The van der Waals surface area contributed by atoms with Crippen molar-refractivity contribution in [1.82, 2.24) is 4.90 Å². The lowest BCUT2D eigenvalue weighted by Crippen LogP contribution is -2.29. The molecule has 1 aliphatic heterocycles. The lowest BCUT2D eigenvalue weighted by atomic mass is 10.1. The van der Waals surface area contributed by atoms with Crippen LogP contribution in [0.15, 0.2) is 35.2 Å². The van der Waals surface area contributed by atoms with Gasteiger partial charge in [0.05, 0.1) is 11.0 Å². The summed E-state index contributed by atoms with van der Waals surface area (Å²) < 4.78 is 0. The molecule has 2 aliphatic rings. The summed E-state index contributed by atoms with van der Waals surface area (Å²) in [6.45, 7) is 0.316. The van der Waals surface area contributed by atoms with Crippen LogP contribution in [-0.2, 0) is 0 Å². The number of nitro groups is 1. The fourth-order valence-corrected chi connectivity index (χ4v) is 3.54. The van der Waals surface area contributed by atoms with E-state index in [2.05, 4.69) is 0 Å². The van der Waals surface area contributed by atoms with Crippen molar-refractivity contribution >= 4 is 23.5 Å². The van der Waals surface area contributed by atoms with Crippen molar-refractivity contribution in [3.05, 3.63) is 46.0 Å². The Morgan fingerprint density at radius 3 is 2.81 bits per heavy atom. The number of amides is 1. The maximum absolute atomic E-state index is 11.3. The second-order valence-corrected chi connectivity index (χ2v) is 6.45. The van der Waals surface area contributed by atoms with Gasteiger partial charge in [0.2, 0.25) is 0 Å². The minimum absolute atomic E-state index is 0.00390. The average Bonchev–Trinajstić information content (AvgIpc) is 3.12. The molecule has 110 valence electrons. The van der Waals surface area contributed by atoms with E-state index in [4.69, 9.17) is 0 Å². The highest BCUT2D eigenvalue weighted by Crippen LogP contribution is 2.44. The van der Waals surface area contributed by atoms with Crippen LogP contribution in [-0.4, -0.2) is 32.8 Å². The highest BCUT2D eigenvalue weighted by molar-refractivity contribution is 8.00. The van der Waals surface area contributed by atoms with Gasteiger partial charge in [0.25, 0.3) is 5.69 Å². The van der Waals surface area contributed by atoms with Crippen molar-refractivity contribution < 1.29 is 14.8 Å². The topological polar surface area (TPSA) is 83.7 Å². The molecule has 0 saturated heterocycles. The summed E-state index contributed by atoms with van der Waals surface area (Å²) in [5, 5.41) is 20.8. The summed E-state index contributed by atoms with van der Waals surface area (Å²) >= 11 is 1.68. The van der Waals surface area contributed by atoms with Gasteiger partial charge in [-0.2, -0.15) is 0 Å². The molecule has 1 saturated carbocycles. The molecule has 6 nitrogen and oxygen atoms in total. The number of thioether (sulfide) groups is 1. The molecule has 1 unspecified atom stereocenters. The van der Waals surface area contributed by atoms with Crippen LogP contribution in [0.1, 0.15) is 24.4 Å². The molecular weight excluding hydrogens is 292 g/mol. The molecule has 1 amide bonds. The van der Waals surface area contributed by atoms with Gasteiger partial charge in [0.1, 0.15) is 0 Å². The SMILES string of the molecule is O=C(O)N1CC=CC1c1cc([N+](=O)[O-])ccc1SC1CC1. The van der Waals surface area contributed by atoms with Gasteiger partial charge >= 0.3 is 6.09 Å². The first kappa shape index (κ1) is 13.9. The number of benzene rings is 1. The zero-order valence-corrected chi connectivity index (χ0v) is 12.0. The zero-order chi connectivity index (χ0) is 15.0. The quantitative estimate of drug-likeness (QED) is 0.523. The Kier molecular flexibility index (Phi) is 3.59. The van der Waals surface area contributed by atoms with Gasteiger partial charge in [-0.3, -0.25) is 15.0 Å². The molecule has 0 bridgehead atoms. The van der Waals surface area contributed by atoms with E-state index in [0.29, 0.717) is 17.4 Å². The first-order valence-electron chi connectivity index (χ1n) is 6.67. The predicted molar refractivity (Wildman–Crippen MR) is 78.6 cm³/mol. The lowest BCUT2D eigenvalue weighted by molar-refractivity contribution is -0.385. The highest BCUT2D eigenvalue weighted by Gasteiger charge is 2.31. The molecule has 3 rings (SSSR count). The van der Waals surface area contributed by atoms with Crippen LogP contribution in [0.25, 0.3) is 0 Å². The predicted octanol–water partition coefficient (Wildman–Crippen LogP) is 3.44. The number of carboxylic acid groups (broad SMARTS) is 1. The number of hydrogen-bond donors (Lipinski definition) is 1. The summed E-state index contributed by atoms with van der Waals surface area (Å²) in [6, 6.07) is 4.28. The van der Waals surface area contributed by atoms with Crippen molar-refractivity contribution in [2.24, 2.45) is 0 Å². The number of nitro benzene ring substituents is 1. The van der Waals surface area contributed by atoms with Gasteiger partial charge in [0.15, 0.2) is 0 Å². The Bertz CT molecular complexity index is 627. The number of carbonyl (C=O) groups is 1. The van der Waals surface area contributed by atoms with Crippen molar-refractivity contribution in [2.45, 2.75) is 29.0 Å². The molecule has 7 heteroatoms. The fourth-order valence-electron chi connectivity index (χ4n) is 2.34. The Morgan fingerprint density at radius 1 is 1.43 bits per heavy atom. The van der Waals surface area contributed by atoms with Crippen LogP contribution in [0.5, 0.6) is 0 Å². The average molecular weight is 306 g/mol. The molecule has 1 atom stereocenters. The number of hydrogen-bond acceptors (Lipinski definition) is 4. The summed E-state index contributed by atoms with van der Waals surface area (Å²) in [4.78, 5) is 24.1. The van der Waals surface area contributed by atoms with Gasteiger partial charge in [-0.05, 0) is 24.5 Å². The maximum atomic E-state index is 11.3. The van der Waals surface area contributed by atoms with Crippen LogP contribution in [0.2, 0.25) is 0 Å². The third kappa shape index (κ3) is 2.87. The van der Waals surface area contributed by atoms with Gasteiger partial charge in [0, 0.05) is 28.8 Å². The van der Waals surface area contributed by atoms with Crippen molar-refractivity contribution in [2.75, 3.05) is 6.54 Å². The Morgan fingerprint density at radius 2 is 2.19 bits per heavy atom. The van der Waals surface area contributed by atoms with Crippen LogP contribution in [0.4, 0.5) is 10.5 Å². The summed E-state index contributed by atoms with van der Waals surface area (Å²) in [5.41, 5.74) is 0.702. The number of nitrogens with zero attached hydrogens (tertiary/aromatic N) is 2. The molecule has 1 N–H and O–H groups in total. The summed E-state index contributed by atoms with van der Waals surface area (Å²) in [5.74, 6) is 0. The van der Waals surface area contributed by atoms with Crippen LogP contribution < -0.4 is 0 Å². The molecule has 1 heterocycles. The highest BCUT2D eigenvalue weighted by atomic mass is 32.2. The lowest BCUT2D eigenvalue weighted by Gasteiger charge is -2.23. The van der Waals surface area contributed by atoms with Crippen molar-refractivity contribution in [3.8, 4) is 0 Å². The van der Waals surface area contributed by atoms with E-state index in [9.17, 15) is 20.0 Å². The minimum Gasteiger partial charge on any atom is -0.465 e. The van der Waals surface area contributed by atoms with Gasteiger partial charge in [-0.15, -0.1) is 11.8 Å². The van der Waals surface area contributed by atoms with E-state index < -0.39 is 17.1 Å². The monoisotopic (exact) mass is 306 g/mol. The molecule has 1 aliphatic carbocycles. The van der Waals surface area contributed by atoms with E-state index >= 15 is 0 Å². The standard InChI is InChI=1S/C14H14N2O4S/c17-14(18)15-7-1-2-12(15)11-8-9(16(19)20)3-6-13(11)21-10-4-5-10/h1-3,6,8,10,12H,4-5,7H2,(H,17,18). The number of rotatable bonds is 4. The van der Waals surface area contributed by atoms with E-state index in [0.717, 1.165) is 17.7 Å². The first-order valence-corrected chi connectivity index (χ1v) is 7.55. The Balaban J connectivity index is 1.99. The Hall–Kier alpha value is -2.02. The zero-order valence-electron chi connectivity index (χ0n) is 11.1. The molecule has 0 spiro atoms.